The predicted molar refractivity (Wildman–Crippen MR) is 82.6 cm³/mol. The van der Waals surface area contributed by atoms with Crippen LogP contribution in [-0.4, -0.2) is 71.6 Å². The van der Waals surface area contributed by atoms with Gasteiger partial charge in [-0.05, 0) is 19.8 Å². The van der Waals surface area contributed by atoms with Gasteiger partial charge >= 0.3 is 0 Å². The van der Waals surface area contributed by atoms with Gasteiger partial charge in [-0.25, -0.2) is 0 Å². The predicted octanol–water partition coefficient (Wildman–Crippen LogP) is 0.823. The SMILES string of the molecule is Cc1cncc([C@H]2CCCN(C(=O)CN3CCOCC3)C2)n1. The van der Waals surface area contributed by atoms with E-state index in [4.69, 9.17) is 4.74 Å². The van der Waals surface area contributed by atoms with E-state index < -0.39 is 0 Å². The molecule has 6 heteroatoms. The van der Waals surface area contributed by atoms with Crippen LogP contribution >= 0.6 is 0 Å². The molecule has 2 aliphatic heterocycles. The fourth-order valence-corrected chi connectivity index (χ4v) is 3.18. The molecule has 2 aliphatic rings. The first-order valence-corrected chi connectivity index (χ1v) is 8.09. The number of hydrogen-bond acceptors (Lipinski definition) is 5. The molecule has 6 nitrogen and oxygen atoms in total. The zero-order valence-corrected chi connectivity index (χ0v) is 13.2. The molecule has 1 atom stereocenters. The topological polar surface area (TPSA) is 58.6 Å². The number of amides is 1. The summed E-state index contributed by atoms with van der Waals surface area (Å²) in [5, 5.41) is 0. The number of piperidine rings is 1. The summed E-state index contributed by atoms with van der Waals surface area (Å²) in [7, 11) is 0. The molecule has 3 rings (SSSR count). The van der Waals surface area contributed by atoms with Gasteiger partial charge in [0.2, 0.25) is 5.91 Å². The van der Waals surface area contributed by atoms with Crippen molar-refractivity contribution in [1.29, 1.82) is 0 Å². The summed E-state index contributed by atoms with van der Waals surface area (Å²) in [6.07, 6.45) is 5.73. The molecule has 22 heavy (non-hydrogen) atoms. The lowest BCUT2D eigenvalue weighted by Gasteiger charge is -2.34. The van der Waals surface area contributed by atoms with E-state index in [2.05, 4.69) is 14.9 Å². The van der Waals surface area contributed by atoms with Crippen LogP contribution in [0.15, 0.2) is 12.4 Å². The Morgan fingerprint density at radius 1 is 1.32 bits per heavy atom. The van der Waals surface area contributed by atoms with Crippen LogP contribution in [-0.2, 0) is 9.53 Å². The van der Waals surface area contributed by atoms with Gasteiger partial charge in [0, 0.05) is 44.5 Å². The van der Waals surface area contributed by atoms with Gasteiger partial charge in [-0.3, -0.25) is 19.7 Å². The number of morpholine rings is 1. The lowest BCUT2D eigenvalue weighted by molar-refractivity contribution is -0.134. The minimum Gasteiger partial charge on any atom is -0.379 e. The van der Waals surface area contributed by atoms with Crippen LogP contribution in [0.25, 0.3) is 0 Å². The highest BCUT2D eigenvalue weighted by atomic mass is 16.5. The first-order valence-electron chi connectivity index (χ1n) is 8.09. The van der Waals surface area contributed by atoms with Gasteiger partial charge in [0.05, 0.1) is 31.1 Å². The van der Waals surface area contributed by atoms with Gasteiger partial charge in [-0.1, -0.05) is 0 Å². The summed E-state index contributed by atoms with van der Waals surface area (Å²) >= 11 is 0. The summed E-state index contributed by atoms with van der Waals surface area (Å²) in [5.41, 5.74) is 1.96. The maximum absolute atomic E-state index is 12.5. The smallest absolute Gasteiger partial charge is 0.236 e. The largest absolute Gasteiger partial charge is 0.379 e. The summed E-state index contributed by atoms with van der Waals surface area (Å²) in [5.74, 6) is 0.544. The Bertz CT molecular complexity index is 517. The molecule has 0 radical (unpaired) electrons. The maximum Gasteiger partial charge on any atom is 0.236 e. The number of aryl methyl sites for hydroxylation is 1. The van der Waals surface area contributed by atoms with E-state index in [1.54, 1.807) is 6.20 Å². The number of likely N-dealkylation sites (tertiary alicyclic amines) is 1. The van der Waals surface area contributed by atoms with Gasteiger partial charge in [0.25, 0.3) is 0 Å². The van der Waals surface area contributed by atoms with Gasteiger partial charge in [-0.2, -0.15) is 0 Å². The Morgan fingerprint density at radius 3 is 2.91 bits per heavy atom. The summed E-state index contributed by atoms with van der Waals surface area (Å²) in [4.78, 5) is 25.5. The number of carbonyl (C=O) groups excluding carboxylic acids is 1. The highest BCUT2D eigenvalue weighted by Gasteiger charge is 2.27. The number of nitrogens with zero attached hydrogens (tertiary/aromatic N) is 4. The number of aromatic nitrogens is 2. The molecule has 1 aromatic heterocycles. The number of ether oxygens (including phenoxy) is 1. The molecule has 2 saturated heterocycles. The van der Waals surface area contributed by atoms with E-state index in [0.29, 0.717) is 12.5 Å². The van der Waals surface area contributed by atoms with Crippen molar-refractivity contribution in [3.05, 3.63) is 23.8 Å². The zero-order chi connectivity index (χ0) is 15.4. The fourth-order valence-electron chi connectivity index (χ4n) is 3.18. The molecule has 0 spiro atoms. The average molecular weight is 304 g/mol. The Morgan fingerprint density at radius 2 is 2.14 bits per heavy atom. The minimum atomic E-state index is 0.229. The van der Waals surface area contributed by atoms with Crippen molar-refractivity contribution in [1.82, 2.24) is 19.8 Å². The Kier molecular flexibility index (Phi) is 5.00. The molecule has 2 fully saturated rings. The van der Waals surface area contributed by atoms with Crippen LogP contribution in [0.4, 0.5) is 0 Å². The molecular formula is C16H24N4O2. The summed E-state index contributed by atoms with van der Waals surface area (Å²) in [6.45, 7) is 7.26. The number of rotatable bonds is 3. The molecule has 1 amide bonds. The Balaban J connectivity index is 1.58. The monoisotopic (exact) mass is 304 g/mol. The minimum absolute atomic E-state index is 0.229. The Hall–Kier alpha value is -1.53. The maximum atomic E-state index is 12.5. The van der Waals surface area contributed by atoms with Crippen LogP contribution in [0.2, 0.25) is 0 Å². The van der Waals surface area contributed by atoms with Crippen molar-refractivity contribution in [3.63, 3.8) is 0 Å². The number of hydrogen-bond donors (Lipinski definition) is 0. The second kappa shape index (κ2) is 7.15. The highest BCUT2D eigenvalue weighted by Crippen LogP contribution is 2.25. The van der Waals surface area contributed by atoms with E-state index in [-0.39, 0.29) is 5.91 Å². The molecule has 0 bridgehead atoms. The summed E-state index contributed by atoms with van der Waals surface area (Å²) < 4.78 is 5.33. The zero-order valence-electron chi connectivity index (χ0n) is 13.2. The lowest BCUT2D eigenvalue weighted by Crippen LogP contribution is -2.47. The van der Waals surface area contributed by atoms with Gasteiger partial charge in [0.15, 0.2) is 0 Å². The molecule has 1 aromatic rings. The van der Waals surface area contributed by atoms with Gasteiger partial charge < -0.3 is 9.64 Å². The van der Waals surface area contributed by atoms with Crippen molar-refractivity contribution in [3.8, 4) is 0 Å². The van der Waals surface area contributed by atoms with Gasteiger partial charge in [-0.15, -0.1) is 0 Å². The third-order valence-corrected chi connectivity index (χ3v) is 4.43. The molecule has 120 valence electrons. The number of carbonyl (C=O) groups is 1. The van der Waals surface area contributed by atoms with Crippen LogP contribution in [0, 0.1) is 6.92 Å². The van der Waals surface area contributed by atoms with Crippen molar-refractivity contribution in [2.45, 2.75) is 25.7 Å². The molecule has 0 aromatic carbocycles. The van der Waals surface area contributed by atoms with Crippen LogP contribution in [0.5, 0.6) is 0 Å². The molecule has 0 N–H and O–H groups in total. The molecule has 0 saturated carbocycles. The van der Waals surface area contributed by atoms with Crippen LogP contribution in [0.1, 0.15) is 30.1 Å². The highest BCUT2D eigenvalue weighted by molar-refractivity contribution is 5.78. The first kappa shape index (κ1) is 15.4. The third kappa shape index (κ3) is 3.81. The second-order valence-electron chi connectivity index (χ2n) is 6.15. The Labute approximate surface area is 131 Å². The lowest BCUT2D eigenvalue weighted by atomic mass is 9.95. The third-order valence-electron chi connectivity index (χ3n) is 4.43. The quantitative estimate of drug-likeness (QED) is 0.827. The molecule has 3 heterocycles. The average Bonchev–Trinajstić information content (AvgIpc) is 2.56. The van der Waals surface area contributed by atoms with Crippen molar-refractivity contribution < 1.29 is 9.53 Å². The van der Waals surface area contributed by atoms with Crippen LogP contribution < -0.4 is 0 Å². The fraction of sp³-hybridized carbons (Fsp3) is 0.688. The standard InChI is InChI=1S/C16H24N4O2/c1-13-9-17-10-15(18-13)14-3-2-4-20(11-14)16(21)12-19-5-7-22-8-6-19/h9-10,14H,2-8,11-12H2,1H3/t14-/m0/s1. The van der Waals surface area contributed by atoms with Crippen molar-refractivity contribution in [2.75, 3.05) is 45.9 Å². The second-order valence-corrected chi connectivity index (χ2v) is 6.15. The molecular weight excluding hydrogens is 280 g/mol. The van der Waals surface area contributed by atoms with E-state index >= 15 is 0 Å². The molecule has 0 unspecified atom stereocenters. The van der Waals surface area contributed by atoms with Crippen molar-refractivity contribution in [2.24, 2.45) is 0 Å². The van der Waals surface area contributed by atoms with E-state index in [1.165, 1.54) is 0 Å². The van der Waals surface area contributed by atoms with Crippen molar-refractivity contribution >= 4 is 5.91 Å². The van der Waals surface area contributed by atoms with E-state index in [9.17, 15) is 4.79 Å². The van der Waals surface area contributed by atoms with Crippen LogP contribution in [0.3, 0.4) is 0 Å². The van der Waals surface area contributed by atoms with E-state index in [1.807, 2.05) is 18.0 Å². The normalized spacial score (nSPS) is 23.5. The summed E-state index contributed by atoms with van der Waals surface area (Å²) in [6, 6.07) is 0. The molecule has 0 aliphatic carbocycles. The van der Waals surface area contributed by atoms with Gasteiger partial charge in [0.1, 0.15) is 0 Å². The van der Waals surface area contributed by atoms with E-state index in [0.717, 1.165) is 63.6 Å². The first-order chi connectivity index (χ1) is 10.7.